The van der Waals surface area contributed by atoms with Gasteiger partial charge in [0.05, 0.1) is 14.1 Å². The molecule has 1 aliphatic heterocycles. The predicted molar refractivity (Wildman–Crippen MR) is 59.0 cm³/mol. The first-order valence-electron chi connectivity index (χ1n) is 5.68. The first-order chi connectivity index (χ1) is 6.67. The van der Waals surface area contributed by atoms with Crippen LogP contribution in [-0.2, 0) is 0 Å². The summed E-state index contributed by atoms with van der Waals surface area (Å²) in [6.45, 7) is 0. The molecule has 0 spiro atoms. The van der Waals surface area contributed by atoms with Gasteiger partial charge in [0, 0.05) is 11.8 Å². The fourth-order valence-corrected chi connectivity index (χ4v) is 2.46. The molecule has 1 saturated carbocycles. The van der Waals surface area contributed by atoms with Gasteiger partial charge in [0.2, 0.25) is 0 Å². The van der Waals surface area contributed by atoms with Crippen LogP contribution in [0.2, 0.25) is 0 Å². The zero-order valence-electron chi connectivity index (χ0n) is 9.29. The van der Waals surface area contributed by atoms with Gasteiger partial charge in [0.15, 0.2) is 0 Å². The molecule has 2 heteroatoms. The van der Waals surface area contributed by atoms with E-state index in [1.54, 1.807) is 0 Å². The van der Waals surface area contributed by atoms with E-state index in [4.69, 9.17) is 0 Å². The van der Waals surface area contributed by atoms with Gasteiger partial charge in [-0.2, -0.15) is 0 Å². The number of rotatable bonds is 1. The van der Waals surface area contributed by atoms with Crippen LogP contribution in [-0.4, -0.2) is 18.7 Å². The van der Waals surface area contributed by atoms with Crippen molar-refractivity contribution in [3.8, 4) is 0 Å². The SMILES string of the molecule is C[N+]1(C)C=C(C2CCCCC2)C=CN1. The molecule has 1 N–H and O–H groups in total. The summed E-state index contributed by atoms with van der Waals surface area (Å²) in [5, 5.41) is 0. The topological polar surface area (TPSA) is 12.0 Å². The van der Waals surface area contributed by atoms with E-state index in [1.807, 2.05) is 0 Å². The maximum absolute atomic E-state index is 3.31. The largest absolute Gasteiger partial charge is 0.240 e. The molecule has 0 unspecified atom stereocenters. The lowest BCUT2D eigenvalue weighted by molar-refractivity contribution is -0.880. The van der Waals surface area contributed by atoms with Crippen molar-refractivity contribution >= 4 is 0 Å². The lowest BCUT2D eigenvalue weighted by Crippen LogP contribution is -2.45. The van der Waals surface area contributed by atoms with Gasteiger partial charge in [-0.25, -0.2) is 10.0 Å². The van der Waals surface area contributed by atoms with Crippen LogP contribution in [0.15, 0.2) is 24.0 Å². The fraction of sp³-hybridized carbons (Fsp3) is 0.667. The molecule has 0 aromatic heterocycles. The van der Waals surface area contributed by atoms with Crippen LogP contribution in [0.4, 0.5) is 0 Å². The quantitative estimate of drug-likeness (QED) is 0.631. The van der Waals surface area contributed by atoms with Crippen LogP contribution >= 0.6 is 0 Å². The molecule has 0 aromatic carbocycles. The van der Waals surface area contributed by atoms with Crippen LogP contribution in [0.3, 0.4) is 0 Å². The van der Waals surface area contributed by atoms with E-state index >= 15 is 0 Å². The summed E-state index contributed by atoms with van der Waals surface area (Å²) in [7, 11) is 4.35. The molecule has 2 rings (SSSR count). The normalized spacial score (nSPS) is 26.9. The first kappa shape index (κ1) is 9.78. The lowest BCUT2D eigenvalue weighted by Gasteiger charge is -2.31. The van der Waals surface area contributed by atoms with Crippen molar-refractivity contribution < 1.29 is 4.59 Å². The van der Waals surface area contributed by atoms with Crippen LogP contribution < -0.4 is 5.43 Å². The maximum Gasteiger partial charge on any atom is 0.123 e. The van der Waals surface area contributed by atoms with Crippen molar-refractivity contribution in [2.24, 2.45) is 5.92 Å². The number of nitrogens with zero attached hydrogens (tertiary/aromatic N) is 1. The van der Waals surface area contributed by atoms with Gasteiger partial charge in [-0.05, 0) is 24.8 Å². The summed E-state index contributed by atoms with van der Waals surface area (Å²) >= 11 is 0. The average Bonchev–Trinajstić information content (AvgIpc) is 2.18. The monoisotopic (exact) mass is 193 g/mol. The Morgan fingerprint density at radius 2 is 1.93 bits per heavy atom. The second-order valence-corrected chi connectivity index (χ2v) is 4.97. The molecule has 0 aromatic rings. The highest BCUT2D eigenvalue weighted by atomic mass is 15.6. The van der Waals surface area contributed by atoms with Gasteiger partial charge in [0.25, 0.3) is 0 Å². The molecule has 0 radical (unpaired) electrons. The predicted octanol–water partition coefficient (Wildman–Crippen LogP) is 2.56. The minimum atomic E-state index is 0.780. The number of hydrogen-bond donors (Lipinski definition) is 1. The second kappa shape index (κ2) is 3.77. The van der Waals surface area contributed by atoms with E-state index < -0.39 is 0 Å². The molecule has 2 aliphatic rings. The second-order valence-electron chi connectivity index (χ2n) is 4.97. The summed E-state index contributed by atoms with van der Waals surface area (Å²) in [4.78, 5) is 0. The van der Waals surface area contributed by atoms with Gasteiger partial charge in [0.1, 0.15) is 6.20 Å². The summed E-state index contributed by atoms with van der Waals surface area (Å²) in [6.07, 6.45) is 13.7. The van der Waals surface area contributed by atoms with Crippen LogP contribution in [0, 0.1) is 5.92 Å². The van der Waals surface area contributed by atoms with Crippen LogP contribution in [0.25, 0.3) is 0 Å². The number of nitrogens with one attached hydrogen (secondary N) is 1. The van der Waals surface area contributed by atoms with E-state index in [2.05, 4.69) is 38.0 Å². The summed E-state index contributed by atoms with van der Waals surface area (Å²) in [6, 6.07) is 0. The standard InChI is InChI=1S/C12H21N2/c1-14(2)10-12(8-9-13-14)11-6-4-3-5-7-11/h8-11,13H,3-7H2,1-2H3/q+1. The van der Waals surface area contributed by atoms with E-state index in [1.165, 1.54) is 37.7 Å². The first-order valence-corrected chi connectivity index (χ1v) is 5.68. The van der Waals surface area contributed by atoms with Crippen molar-refractivity contribution in [2.45, 2.75) is 32.1 Å². The van der Waals surface area contributed by atoms with Gasteiger partial charge in [-0.3, -0.25) is 0 Å². The molecular weight excluding hydrogens is 172 g/mol. The van der Waals surface area contributed by atoms with E-state index in [-0.39, 0.29) is 0 Å². The molecule has 0 bridgehead atoms. The molecule has 2 nitrogen and oxygen atoms in total. The van der Waals surface area contributed by atoms with Crippen molar-refractivity contribution in [3.63, 3.8) is 0 Å². The molecule has 0 saturated heterocycles. The minimum Gasteiger partial charge on any atom is -0.240 e. The highest BCUT2D eigenvalue weighted by Gasteiger charge is 2.22. The third kappa shape index (κ3) is 2.18. The van der Waals surface area contributed by atoms with Crippen molar-refractivity contribution in [2.75, 3.05) is 14.1 Å². The van der Waals surface area contributed by atoms with Gasteiger partial charge in [-0.15, -0.1) is 0 Å². The fourth-order valence-electron chi connectivity index (χ4n) is 2.46. The third-order valence-corrected chi connectivity index (χ3v) is 3.23. The molecule has 1 heterocycles. The van der Waals surface area contributed by atoms with E-state index in [0.717, 1.165) is 10.5 Å². The molecule has 78 valence electrons. The molecule has 0 amide bonds. The number of quaternary nitrogens is 1. The van der Waals surface area contributed by atoms with Crippen LogP contribution in [0.1, 0.15) is 32.1 Å². The summed E-state index contributed by atoms with van der Waals surface area (Å²) in [5.74, 6) is 0.819. The Morgan fingerprint density at radius 3 is 2.57 bits per heavy atom. The lowest BCUT2D eigenvalue weighted by atomic mass is 9.84. The van der Waals surface area contributed by atoms with Crippen molar-refractivity contribution in [3.05, 3.63) is 24.0 Å². The summed E-state index contributed by atoms with van der Waals surface area (Å²) in [5.41, 5.74) is 4.84. The molecule has 14 heavy (non-hydrogen) atoms. The van der Waals surface area contributed by atoms with E-state index in [9.17, 15) is 0 Å². The van der Waals surface area contributed by atoms with Gasteiger partial charge >= 0.3 is 0 Å². The van der Waals surface area contributed by atoms with Crippen LogP contribution in [0.5, 0.6) is 0 Å². The zero-order chi connectivity index (χ0) is 10.0. The van der Waals surface area contributed by atoms with Crippen molar-refractivity contribution in [1.29, 1.82) is 0 Å². The maximum atomic E-state index is 3.31. The van der Waals surface area contributed by atoms with Gasteiger partial charge in [-0.1, -0.05) is 19.3 Å². The third-order valence-electron chi connectivity index (χ3n) is 3.23. The Hall–Kier alpha value is -0.760. The Labute approximate surface area is 86.9 Å². The average molecular weight is 193 g/mol. The molecule has 1 fully saturated rings. The summed E-state index contributed by atoms with van der Waals surface area (Å²) < 4.78 is 0.780. The highest BCUT2D eigenvalue weighted by molar-refractivity contribution is 5.21. The van der Waals surface area contributed by atoms with Gasteiger partial charge < -0.3 is 0 Å². The minimum absolute atomic E-state index is 0.780. The smallest absolute Gasteiger partial charge is 0.123 e. The zero-order valence-corrected chi connectivity index (χ0v) is 9.29. The van der Waals surface area contributed by atoms with Crippen molar-refractivity contribution in [1.82, 2.24) is 5.43 Å². The Balaban J connectivity index is 2.09. The number of allylic oxidation sites excluding steroid dienone is 2. The Kier molecular flexibility index (Phi) is 2.64. The highest BCUT2D eigenvalue weighted by Crippen LogP contribution is 2.31. The molecular formula is C12H21N2+. The Morgan fingerprint density at radius 1 is 1.21 bits per heavy atom. The molecule has 1 aliphatic carbocycles. The molecule has 0 atom stereocenters. The Bertz CT molecular complexity index is 257. The van der Waals surface area contributed by atoms with E-state index in [0.29, 0.717) is 0 Å². The number of hydrogen-bond acceptors (Lipinski definition) is 1.